The maximum absolute atomic E-state index is 12.0. The number of ether oxygens (including phenoxy) is 4. The van der Waals surface area contributed by atoms with Gasteiger partial charge in [0.1, 0.15) is 23.0 Å². The van der Waals surface area contributed by atoms with Crippen LogP contribution in [0.15, 0.2) is 41.5 Å². The number of nitrogens with zero attached hydrogens (tertiary/aromatic N) is 2. The second-order valence-electron chi connectivity index (χ2n) is 6.72. The van der Waals surface area contributed by atoms with Crippen LogP contribution in [-0.2, 0) is 4.79 Å². The van der Waals surface area contributed by atoms with Gasteiger partial charge in [0.05, 0.1) is 33.2 Å². The molecule has 0 spiro atoms. The number of methoxy groups -OCH3 is 3. The van der Waals surface area contributed by atoms with Gasteiger partial charge in [-0.05, 0) is 43.2 Å². The quantitative estimate of drug-likeness (QED) is 0.503. The Kier molecular flexibility index (Phi) is 7.37. The number of carbonyl (C=O) groups excluding carboxylic acids is 1. The van der Waals surface area contributed by atoms with Crippen molar-refractivity contribution in [1.29, 1.82) is 0 Å². The molecule has 0 bridgehead atoms. The molecule has 1 heterocycles. The van der Waals surface area contributed by atoms with Crippen LogP contribution < -0.4 is 29.3 Å². The smallest absolute Gasteiger partial charge is 0.277 e. The van der Waals surface area contributed by atoms with E-state index in [2.05, 4.69) is 15.4 Å². The summed E-state index contributed by atoms with van der Waals surface area (Å²) in [4.78, 5) is 14.3. The molecule has 0 unspecified atom stereocenters. The Bertz CT molecular complexity index is 877. The number of hydrazone groups is 1. The van der Waals surface area contributed by atoms with Gasteiger partial charge < -0.3 is 23.8 Å². The molecule has 1 N–H and O–H groups in total. The van der Waals surface area contributed by atoms with Crippen molar-refractivity contribution in [2.24, 2.45) is 5.10 Å². The molecule has 0 atom stereocenters. The molecule has 1 aliphatic heterocycles. The van der Waals surface area contributed by atoms with Crippen LogP contribution in [-0.4, -0.2) is 53.1 Å². The highest BCUT2D eigenvalue weighted by Crippen LogP contribution is 2.36. The fourth-order valence-corrected chi connectivity index (χ4v) is 3.24. The first-order valence-corrected chi connectivity index (χ1v) is 9.74. The molecule has 8 nitrogen and oxygen atoms in total. The molecule has 1 fully saturated rings. The number of hydrogen-bond donors (Lipinski definition) is 1. The molecule has 1 saturated heterocycles. The molecule has 0 radical (unpaired) electrons. The summed E-state index contributed by atoms with van der Waals surface area (Å²) in [5.41, 5.74) is 4.16. The van der Waals surface area contributed by atoms with Crippen molar-refractivity contribution < 1.29 is 23.7 Å². The first-order valence-electron chi connectivity index (χ1n) is 9.74. The van der Waals surface area contributed by atoms with Crippen molar-refractivity contribution >= 4 is 17.8 Å². The standard InChI is InChI=1S/C22H27N3O5/c1-27-17-6-8-18(9-7-17)30-15-22(26)24-23-14-16-12-21(29-3)19(13-20(16)28-2)25-10-4-5-11-25/h6-9,12-14H,4-5,10-11,15H2,1-3H3,(H,24,26)/b23-14+. The Morgan fingerprint density at radius 1 is 1.00 bits per heavy atom. The molecule has 8 heteroatoms. The average Bonchev–Trinajstić information content (AvgIpc) is 3.32. The van der Waals surface area contributed by atoms with Crippen molar-refractivity contribution in [3.05, 3.63) is 42.0 Å². The van der Waals surface area contributed by atoms with Crippen LogP contribution in [0.3, 0.4) is 0 Å². The molecule has 160 valence electrons. The van der Waals surface area contributed by atoms with Crippen LogP contribution in [0.2, 0.25) is 0 Å². The second-order valence-corrected chi connectivity index (χ2v) is 6.72. The third-order valence-corrected chi connectivity index (χ3v) is 4.80. The molecule has 30 heavy (non-hydrogen) atoms. The minimum atomic E-state index is -0.373. The number of benzene rings is 2. The fraction of sp³-hybridized carbons (Fsp3) is 0.364. The lowest BCUT2D eigenvalue weighted by molar-refractivity contribution is -0.123. The van der Waals surface area contributed by atoms with Crippen molar-refractivity contribution in [1.82, 2.24) is 5.43 Å². The maximum Gasteiger partial charge on any atom is 0.277 e. The van der Waals surface area contributed by atoms with Gasteiger partial charge in [-0.3, -0.25) is 4.79 Å². The Labute approximate surface area is 176 Å². The van der Waals surface area contributed by atoms with E-state index < -0.39 is 0 Å². The lowest BCUT2D eigenvalue weighted by Crippen LogP contribution is -2.24. The first-order chi connectivity index (χ1) is 14.6. The average molecular weight is 413 g/mol. The topological polar surface area (TPSA) is 81.6 Å². The zero-order chi connectivity index (χ0) is 21.3. The predicted molar refractivity (Wildman–Crippen MR) is 115 cm³/mol. The number of rotatable bonds is 9. The second kappa shape index (κ2) is 10.4. The van der Waals surface area contributed by atoms with Gasteiger partial charge in [0.2, 0.25) is 0 Å². The predicted octanol–water partition coefficient (Wildman–Crippen LogP) is 2.84. The summed E-state index contributed by atoms with van der Waals surface area (Å²) in [6.45, 7) is 1.84. The summed E-state index contributed by atoms with van der Waals surface area (Å²) in [6.07, 6.45) is 3.86. The van der Waals surface area contributed by atoms with E-state index in [-0.39, 0.29) is 12.5 Å². The molecular weight excluding hydrogens is 386 g/mol. The molecule has 2 aromatic carbocycles. The largest absolute Gasteiger partial charge is 0.497 e. The summed E-state index contributed by atoms with van der Waals surface area (Å²) < 4.78 is 21.6. The molecule has 0 aromatic heterocycles. The Hall–Kier alpha value is -3.42. The Morgan fingerprint density at radius 2 is 1.67 bits per heavy atom. The van der Waals surface area contributed by atoms with Gasteiger partial charge in [-0.25, -0.2) is 5.43 Å². The summed E-state index contributed by atoms with van der Waals surface area (Å²) in [7, 11) is 4.83. The van der Waals surface area contributed by atoms with E-state index >= 15 is 0 Å². The van der Waals surface area contributed by atoms with Crippen LogP contribution in [0.4, 0.5) is 5.69 Å². The van der Waals surface area contributed by atoms with E-state index in [4.69, 9.17) is 18.9 Å². The SMILES string of the molecule is COc1ccc(OCC(=O)N/N=C/c2cc(OC)c(N3CCCC3)cc2OC)cc1. The fourth-order valence-electron chi connectivity index (χ4n) is 3.24. The lowest BCUT2D eigenvalue weighted by atomic mass is 10.1. The number of hydrogen-bond acceptors (Lipinski definition) is 7. The van der Waals surface area contributed by atoms with Crippen LogP contribution >= 0.6 is 0 Å². The van der Waals surface area contributed by atoms with E-state index in [0.29, 0.717) is 17.1 Å². The molecular formula is C22H27N3O5. The molecule has 0 saturated carbocycles. The van der Waals surface area contributed by atoms with Gasteiger partial charge in [0.25, 0.3) is 5.91 Å². The highest BCUT2D eigenvalue weighted by atomic mass is 16.5. The van der Waals surface area contributed by atoms with Crippen LogP contribution in [0.25, 0.3) is 0 Å². The van der Waals surface area contributed by atoms with Gasteiger partial charge >= 0.3 is 0 Å². The number of amides is 1. The number of anilines is 1. The normalized spacial score (nSPS) is 13.4. The minimum Gasteiger partial charge on any atom is -0.497 e. The summed E-state index contributed by atoms with van der Waals surface area (Å²) in [6, 6.07) is 10.8. The molecule has 1 aliphatic rings. The van der Waals surface area contributed by atoms with Crippen molar-refractivity contribution in [3.8, 4) is 23.0 Å². The minimum absolute atomic E-state index is 0.155. The van der Waals surface area contributed by atoms with Crippen molar-refractivity contribution in [2.45, 2.75) is 12.8 Å². The Morgan fingerprint density at radius 3 is 2.30 bits per heavy atom. The van der Waals surface area contributed by atoms with Crippen LogP contribution in [0.1, 0.15) is 18.4 Å². The molecule has 0 aliphatic carbocycles. The summed E-state index contributed by atoms with van der Waals surface area (Å²) in [5.74, 6) is 2.32. The van der Waals surface area contributed by atoms with Gasteiger partial charge in [-0.15, -0.1) is 0 Å². The zero-order valence-corrected chi connectivity index (χ0v) is 17.5. The number of carbonyl (C=O) groups is 1. The van der Waals surface area contributed by atoms with Crippen LogP contribution in [0, 0.1) is 0 Å². The van der Waals surface area contributed by atoms with E-state index in [1.807, 2.05) is 12.1 Å². The molecule has 2 aromatic rings. The summed E-state index contributed by atoms with van der Waals surface area (Å²) >= 11 is 0. The van der Waals surface area contributed by atoms with Crippen LogP contribution in [0.5, 0.6) is 23.0 Å². The highest BCUT2D eigenvalue weighted by Gasteiger charge is 2.19. The van der Waals surface area contributed by atoms with Gasteiger partial charge in [0.15, 0.2) is 6.61 Å². The van der Waals surface area contributed by atoms with Crippen molar-refractivity contribution in [3.63, 3.8) is 0 Å². The van der Waals surface area contributed by atoms with E-state index in [9.17, 15) is 4.79 Å². The molecule has 1 amide bonds. The van der Waals surface area contributed by atoms with Gasteiger partial charge in [-0.1, -0.05) is 0 Å². The van der Waals surface area contributed by atoms with Crippen molar-refractivity contribution in [2.75, 3.05) is 45.9 Å². The molecule has 3 rings (SSSR count). The third kappa shape index (κ3) is 5.34. The third-order valence-electron chi connectivity index (χ3n) is 4.80. The highest BCUT2D eigenvalue weighted by molar-refractivity contribution is 5.88. The van der Waals surface area contributed by atoms with E-state index in [1.165, 1.54) is 19.1 Å². The summed E-state index contributed by atoms with van der Waals surface area (Å²) in [5, 5.41) is 4.02. The Balaban J connectivity index is 1.60. The van der Waals surface area contributed by atoms with E-state index in [1.54, 1.807) is 45.6 Å². The van der Waals surface area contributed by atoms with E-state index in [0.717, 1.165) is 30.3 Å². The first kappa shape index (κ1) is 21.3. The number of nitrogens with one attached hydrogen (secondary N) is 1. The monoisotopic (exact) mass is 413 g/mol. The van der Waals surface area contributed by atoms with Gasteiger partial charge in [0, 0.05) is 24.7 Å². The zero-order valence-electron chi connectivity index (χ0n) is 17.5. The van der Waals surface area contributed by atoms with Gasteiger partial charge in [-0.2, -0.15) is 5.10 Å². The lowest BCUT2D eigenvalue weighted by Gasteiger charge is -2.22. The maximum atomic E-state index is 12.0.